The summed E-state index contributed by atoms with van der Waals surface area (Å²) >= 11 is 5.65. The van der Waals surface area contributed by atoms with Crippen LogP contribution in [0.2, 0.25) is 0 Å². The average Bonchev–Trinajstić information content (AvgIpc) is 2.17. The lowest BCUT2D eigenvalue weighted by Gasteiger charge is -2.00. The second-order valence-electron chi connectivity index (χ2n) is 3.29. The molecule has 0 heterocycles. The zero-order valence-corrected chi connectivity index (χ0v) is 10.6. The Balaban J connectivity index is 3.03. The Labute approximate surface area is 100 Å². The minimum atomic E-state index is -3.68. The number of halogens is 1. The number of nitrogens with one attached hydrogen (secondary N) is 1. The second-order valence-corrected chi connectivity index (χ2v) is 5.33. The first-order valence-electron chi connectivity index (χ1n) is 4.66. The van der Waals surface area contributed by atoms with E-state index in [-0.39, 0.29) is 16.6 Å². The predicted molar refractivity (Wildman–Crippen MR) is 65.6 cm³/mol. The monoisotopic (exact) mass is 260 g/mol. The summed E-state index contributed by atoms with van der Waals surface area (Å²) in [5.74, 6) is 0. The van der Waals surface area contributed by atoms with Crippen molar-refractivity contribution in [2.24, 2.45) is 4.40 Å². The average molecular weight is 261 g/mol. The normalized spacial score (nSPS) is 12.8. The van der Waals surface area contributed by atoms with Crippen LogP contribution in [0.4, 0.5) is 0 Å². The molecule has 0 bridgehead atoms. The van der Waals surface area contributed by atoms with Crippen molar-refractivity contribution in [3.8, 4) is 0 Å². The van der Waals surface area contributed by atoms with Crippen LogP contribution >= 0.6 is 11.6 Å². The van der Waals surface area contributed by atoms with E-state index in [0.29, 0.717) is 0 Å². The van der Waals surface area contributed by atoms with Gasteiger partial charge in [-0.2, -0.15) is 12.8 Å². The maximum absolute atomic E-state index is 11.7. The van der Waals surface area contributed by atoms with Crippen LogP contribution in [0.5, 0.6) is 0 Å². The lowest BCUT2D eigenvalue weighted by molar-refractivity contribution is 0.598. The number of hydrogen-bond acceptors (Lipinski definition) is 3. The predicted octanol–water partition coefficient (Wildman–Crippen LogP) is 1.54. The lowest BCUT2D eigenvalue weighted by atomic mass is 10.2. The second kappa shape index (κ2) is 5.43. The molecule has 0 unspecified atom stereocenters. The molecule has 4 nitrogen and oxygen atoms in total. The number of sulfonamides is 1. The molecule has 16 heavy (non-hydrogen) atoms. The molecule has 1 N–H and O–H groups in total. The molecule has 6 heteroatoms. The summed E-state index contributed by atoms with van der Waals surface area (Å²) in [6, 6.07) is 6.46. The molecule has 0 fully saturated rings. The fourth-order valence-corrected chi connectivity index (χ4v) is 2.39. The van der Waals surface area contributed by atoms with Crippen LogP contribution < -0.4 is 5.32 Å². The summed E-state index contributed by atoms with van der Waals surface area (Å²) in [7, 11) is -2.02. The number of aryl methyl sites for hydroxylation is 1. The van der Waals surface area contributed by atoms with Gasteiger partial charge in [-0.1, -0.05) is 29.3 Å². The Morgan fingerprint density at radius 1 is 1.38 bits per heavy atom. The molecular formula is C10H13ClN2O2S. The fourth-order valence-electron chi connectivity index (χ4n) is 1.07. The highest BCUT2D eigenvalue weighted by Gasteiger charge is 2.12. The van der Waals surface area contributed by atoms with Crippen molar-refractivity contribution in [1.29, 1.82) is 0 Å². The number of hydrogen-bond donors (Lipinski definition) is 1. The quantitative estimate of drug-likeness (QED) is 0.836. The summed E-state index contributed by atoms with van der Waals surface area (Å²) in [4.78, 5) is 0.146. The van der Waals surface area contributed by atoms with Crippen LogP contribution in [-0.2, 0) is 10.0 Å². The third-order valence-corrected chi connectivity index (χ3v) is 3.51. The molecule has 0 amide bonds. The SMILES string of the molecule is CNC/C(Cl)=N\S(=O)(=O)c1ccc(C)cc1. The van der Waals surface area contributed by atoms with Gasteiger partial charge in [-0.05, 0) is 26.1 Å². The lowest BCUT2D eigenvalue weighted by Crippen LogP contribution is -2.15. The van der Waals surface area contributed by atoms with Crippen LogP contribution in [0.25, 0.3) is 0 Å². The van der Waals surface area contributed by atoms with Gasteiger partial charge in [0.2, 0.25) is 0 Å². The highest BCUT2D eigenvalue weighted by Crippen LogP contribution is 2.13. The van der Waals surface area contributed by atoms with E-state index in [1.54, 1.807) is 19.2 Å². The molecular weight excluding hydrogens is 248 g/mol. The van der Waals surface area contributed by atoms with Crippen LogP contribution in [0.15, 0.2) is 33.6 Å². The number of benzene rings is 1. The molecule has 0 aliphatic carbocycles. The van der Waals surface area contributed by atoms with Gasteiger partial charge in [0.1, 0.15) is 5.17 Å². The van der Waals surface area contributed by atoms with Crippen molar-refractivity contribution in [2.45, 2.75) is 11.8 Å². The maximum Gasteiger partial charge on any atom is 0.283 e. The smallest absolute Gasteiger partial charge is 0.283 e. The molecule has 0 aliphatic rings. The Hall–Kier alpha value is -0.910. The fraction of sp³-hybridized carbons (Fsp3) is 0.300. The van der Waals surface area contributed by atoms with E-state index in [1.165, 1.54) is 12.1 Å². The first-order chi connectivity index (χ1) is 7.45. The minimum absolute atomic E-state index is 0.0167. The van der Waals surface area contributed by atoms with E-state index in [9.17, 15) is 8.42 Å². The van der Waals surface area contributed by atoms with Crippen molar-refractivity contribution < 1.29 is 8.42 Å². The summed E-state index contributed by atoms with van der Waals surface area (Å²) in [6.07, 6.45) is 0. The van der Waals surface area contributed by atoms with Gasteiger partial charge in [0.15, 0.2) is 0 Å². The van der Waals surface area contributed by atoms with Gasteiger partial charge in [-0.15, -0.1) is 0 Å². The molecule has 1 rings (SSSR count). The van der Waals surface area contributed by atoms with E-state index in [4.69, 9.17) is 11.6 Å². The number of nitrogens with zero attached hydrogens (tertiary/aromatic N) is 1. The summed E-state index contributed by atoms with van der Waals surface area (Å²) in [5.41, 5.74) is 0.990. The Morgan fingerprint density at radius 3 is 2.44 bits per heavy atom. The summed E-state index contributed by atoms with van der Waals surface area (Å²) in [6.45, 7) is 2.11. The Bertz CT molecular complexity index is 480. The van der Waals surface area contributed by atoms with Gasteiger partial charge in [0, 0.05) is 6.54 Å². The molecule has 88 valence electrons. The van der Waals surface area contributed by atoms with E-state index in [0.717, 1.165) is 5.56 Å². The topological polar surface area (TPSA) is 58.5 Å². The third kappa shape index (κ3) is 3.59. The van der Waals surface area contributed by atoms with E-state index in [1.807, 2.05) is 6.92 Å². The van der Waals surface area contributed by atoms with Crippen molar-refractivity contribution in [3.05, 3.63) is 29.8 Å². The van der Waals surface area contributed by atoms with Gasteiger partial charge in [0.25, 0.3) is 10.0 Å². The Morgan fingerprint density at radius 2 is 1.94 bits per heavy atom. The molecule has 1 aromatic carbocycles. The van der Waals surface area contributed by atoms with Crippen molar-refractivity contribution in [2.75, 3.05) is 13.6 Å². The van der Waals surface area contributed by atoms with Crippen molar-refractivity contribution in [1.82, 2.24) is 5.32 Å². The van der Waals surface area contributed by atoms with E-state index < -0.39 is 10.0 Å². The zero-order valence-electron chi connectivity index (χ0n) is 9.07. The third-order valence-electron chi connectivity index (χ3n) is 1.86. The van der Waals surface area contributed by atoms with Crippen LogP contribution in [0, 0.1) is 6.92 Å². The maximum atomic E-state index is 11.7. The molecule has 0 aromatic heterocycles. The van der Waals surface area contributed by atoms with Crippen LogP contribution in [-0.4, -0.2) is 27.2 Å². The highest BCUT2D eigenvalue weighted by atomic mass is 35.5. The van der Waals surface area contributed by atoms with Crippen LogP contribution in [0.1, 0.15) is 5.56 Å². The first-order valence-corrected chi connectivity index (χ1v) is 6.48. The van der Waals surface area contributed by atoms with Gasteiger partial charge >= 0.3 is 0 Å². The van der Waals surface area contributed by atoms with Gasteiger partial charge < -0.3 is 5.32 Å². The van der Waals surface area contributed by atoms with Crippen LogP contribution in [0.3, 0.4) is 0 Å². The van der Waals surface area contributed by atoms with Gasteiger partial charge in [-0.3, -0.25) is 0 Å². The minimum Gasteiger partial charge on any atom is -0.313 e. The number of rotatable bonds is 4. The molecule has 0 atom stereocenters. The van der Waals surface area contributed by atoms with Crippen molar-refractivity contribution >= 4 is 26.8 Å². The van der Waals surface area contributed by atoms with E-state index in [2.05, 4.69) is 9.71 Å². The molecule has 0 radical (unpaired) electrons. The standard InChI is InChI=1S/C10H13ClN2O2S/c1-8-3-5-9(6-4-8)16(14,15)13-10(11)7-12-2/h3-6,12H,7H2,1-2H3/b13-10+. The molecule has 0 saturated carbocycles. The molecule has 0 aliphatic heterocycles. The highest BCUT2D eigenvalue weighted by molar-refractivity contribution is 7.90. The molecule has 1 aromatic rings. The summed E-state index contributed by atoms with van der Waals surface area (Å²) in [5, 5.41) is 2.74. The summed E-state index contributed by atoms with van der Waals surface area (Å²) < 4.78 is 26.9. The van der Waals surface area contributed by atoms with Crippen molar-refractivity contribution in [3.63, 3.8) is 0 Å². The van der Waals surface area contributed by atoms with E-state index >= 15 is 0 Å². The molecule has 0 saturated heterocycles. The van der Waals surface area contributed by atoms with Gasteiger partial charge in [0.05, 0.1) is 4.90 Å². The largest absolute Gasteiger partial charge is 0.313 e. The molecule has 0 spiro atoms. The first kappa shape index (κ1) is 13.2. The van der Waals surface area contributed by atoms with Gasteiger partial charge in [-0.25, -0.2) is 0 Å². The zero-order chi connectivity index (χ0) is 12.2. The Kier molecular flexibility index (Phi) is 4.46.